The summed E-state index contributed by atoms with van der Waals surface area (Å²) in [6.45, 7) is 2.22. The van der Waals surface area contributed by atoms with Gasteiger partial charge in [0.2, 0.25) is 15.9 Å². The minimum atomic E-state index is -3.69. The Bertz CT molecular complexity index is 695. The van der Waals surface area contributed by atoms with Gasteiger partial charge in [-0.15, -0.1) is 0 Å². The first kappa shape index (κ1) is 14.4. The van der Waals surface area contributed by atoms with E-state index in [0.29, 0.717) is 0 Å². The standard InChI is InChI=1S/C13H16N2O5S/c1-9-3-11(12(19-2)14-5-9)21(17,18)15-7-13(8-15)4-10(16)6-20-13/h3,5H,4,6-8H2,1-2H3. The molecule has 0 bridgehead atoms. The van der Waals surface area contributed by atoms with E-state index in [1.165, 1.54) is 17.5 Å². The Balaban J connectivity index is 1.86. The summed E-state index contributed by atoms with van der Waals surface area (Å²) in [6.07, 6.45) is 1.83. The molecule has 1 aromatic rings. The number of pyridine rings is 1. The van der Waals surface area contributed by atoms with Crippen molar-refractivity contribution in [1.29, 1.82) is 0 Å². The number of aromatic nitrogens is 1. The van der Waals surface area contributed by atoms with Crippen LogP contribution in [0.15, 0.2) is 17.2 Å². The van der Waals surface area contributed by atoms with Gasteiger partial charge in [-0.3, -0.25) is 4.79 Å². The molecular weight excluding hydrogens is 296 g/mol. The summed E-state index contributed by atoms with van der Waals surface area (Å²) < 4.78 is 37.0. The second-order valence-electron chi connectivity index (χ2n) is 5.48. The summed E-state index contributed by atoms with van der Waals surface area (Å²) in [5.74, 6) is 0.0896. The Morgan fingerprint density at radius 3 is 2.71 bits per heavy atom. The van der Waals surface area contributed by atoms with Crippen LogP contribution in [0.2, 0.25) is 0 Å². The summed E-state index contributed by atoms with van der Waals surface area (Å²) >= 11 is 0. The molecule has 0 atom stereocenters. The van der Waals surface area contributed by atoms with Crippen LogP contribution in [-0.4, -0.2) is 55.9 Å². The molecule has 0 saturated carbocycles. The maximum atomic E-state index is 12.6. The molecule has 1 aromatic heterocycles. The van der Waals surface area contributed by atoms with Crippen molar-refractivity contribution in [3.05, 3.63) is 17.8 Å². The molecule has 2 saturated heterocycles. The van der Waals surface area contributed by atoms with E-state index in [2.05, 4.69) is 4.98 Å². The summed E-state index contributed by atoms with van der Waals surface area (Å²) in [5.41, 5.74) is 0.103. The summed E-state index contributed by atoms with van der Waals surface area (Å²) in [4.78, 5) is 15.3. The predicted molar refractivity (Wildman–Crippen MR) is 72.6 cm³/mol. The molecule has 0 aromatic carbocycles. The van der Waals surface area contributed by atoms with Gasteiger partial charge in [-0.2, -0.15) is 4.31 Å². The van der Waals surface area contributed by atoms with E-state index in [1.807, 2.05) is 0 Å². The molecule has 8 heteroatoms. The van der Waals surface area contributed by atoms with Crippen LogP contribution in [0.3, 0.4) is 0 Å². The van der Waals surface area contributed by atoms with Crippen LogP contribution >= 0.6 is 0 Å². The van der Waals surface area contributed by atoms with E-state index >= 15 is 0 Å². The van der Waals surface area contributed by atoms with Crippen LogP contribution < -0.4 is 4.74 Å². The molecule has 3 rings (SSSR count). The zero-order valence-corrected chi connectivity index (χ0v) is 12.6. The first-order valence-electron chi connectivity index (χ1n) is 6.53. The van der Waals surface area contributed by atoms with Crippen molar-refractivity contribution < 1.29 is 22.7 Å². The fraction of sp³-hybridized carbons (Fsp3) is 0.538. The van der Waals surface area contributed by atoms with Crippen LogP contribution in [0.1, 0.15) is 12.0 Å². The lowest BCUT2D eigenvalue weighted by Crippen LogP contribution is -2.63. The van der Waals surface area contributed by atoms with Crippen LogP contribution in [0.5, 0.6) is 5.88 Å². The number of hydrogen-bond acceptors (Lipinski definition) is 6. The molecule has 114 valence electrons. The fourth-order valence-corrected chi connectivity index (χ4v) is 4.45. The number of carbonyl (C=O) groups excluding carboxylic acids is 1. The van der Waals surface area contributed by atoms with Crippen molar-refractivity contribution >= 4 is 15.8 Å². The van der Waals surface area contributed by atoms with Crippen molar-refractivity contribution in [1.82, 2.24) is 9.29 Å². The summed E-state index contributed by atoms with van der Waals surface area (Å²) in [5, 5.41) is 0. The maximum absolute atomic E-state index is 12.6. The highest BCUT2D eigenvalue weighted by molar-refractivity contribution is 7.89. The smallest absolute Gasteiger partial charge is 0.248 e. The first-order chi connectivity index (χ1) is 9.86. The van der Waals surface area contributed by atoms with E-state index in [0.717, 1.165) is 5.56 Å². The van der Waals surface area contributed by atoms with E-state index in [4.69, 9.17) is 9.47 Å². The molecule has 2 fully saturated rings. The molecule has 3 heterocycles. The number of carbonyl (C=O) groups is 1. The number of Topliss-reactive ketones (excluding diaryl/α,β-unsaturated/α-hetero) is 1. The highest BCUT2D eigenvalue weighted by Crippen LogP contribution is 2.38. The minimum absolute atomic E-state index is 0.0156. The lowest BCUT2D eigenvalue weighted by molar-refractivity contribution is -0.118. The van der Waals surface area contributed by atoms with Crippen LogP contribution in [0, 0.1) is 6.92 Å². The van der Waals surface area contributed by atoms with Crippen LogP contribution in [-0.2, 0) is 19.6 Å². The second kappa shape index (κ2) is 4.75. The molecule has 0 radical (unpaired) electrons. The van der Waals surface area contributed by atoms with Gasteiger partial charge in [-0.05, 0) is 18.6 Å². The molecule has 0 unspecified atom stereocenters. The molecule has 7 nitrogen and oxygen atoms in total. The van der Waals surface area contributed by atoms with E-state index in [-0.39, 0.29) is 42.7 Å². The average Bonchev–Trinajstić information content (AvgIpc) is 2.79. The number of hydrogen-bond donors (Lipinski definition) is 0. The molecule has 21 heavy (non-hydrogen) atoms. The number of sulfonamides is 1. The number of nitrogens with zero attached hydrogens (tertiary/aromatic N) is 2. The number of rotatable bonds is 3. The fourth-order valence-electron chi connectivity index (χ4n) is 2.67. The van der Waals surface area contributed by atoms with Gasteiger partial charge in [0, 0.05) is 25.7 Å². The van der Waals surface area contributed by atoms with E-state index < -0.39 is 15.6 Å². The summed E-state index contributed by atoms with van der Waals surface area (Å²) in [6, 6.07) is 1.53. The Morgan fingerprint density at radius 2 is 2.14 bits per heavy atom. The average molecular weight is 312 g/mol. The predicted octanol–water partition coefficient (Wildman–Crippen LogP) is 0.131. The third-order valence-corrected chi connectivity index (χ3v) is 5.54. The third-order valence-electron chi connectivity index (χ3n) is 3.75. The van der Waals surface area contributed by atoms with Crippen molar-refractivity contribution in [3.8, 4) is 5.88 Å². The summed E-state index contributed by atoms with van der Waals surface area (Å²) in [7, 11) is -2.31. The third kappa shape index (κ3) is 2.33. The number of ether oxygens (including phenoxy) is 2. The lowest BCUT2D eigenvalue weighted by Gasteiger charge is -2.45. The zero-order chi connectivity index (χ0) is 15.3. The maximum Gasteiger partial charge on any atom is 0.248 e. The van der Waals surface area contributed by atoms with Crippen molar-refractivity contribution in [2.75, 3.05) is 26.8 Å². The lowest BCUT2D eigenvalue weighted by atomic mass is 9.93. The molecule has 0 amide bonds. The van der Waals surface area contributed by atoms with Crippen molar-refractivity contribution in [3.63, 3.8) is 0 Å². The van der Waals surface area contributed by atoms with Gasteiger partial charge in [0.15, 0.2) is 5.78 Å². The Labute approximate surface area is 122 Å². The second-order valence-corrected chi connectivity index (χ2v) is 7.39. The monoisotopic (exact) mass is 312 g/mol. The Morgan fingerprint density at radius 1 is 1.43 bits per heavy atom. The Hall–Kier alpha value is -1.51. The van der Waals surface area contributed by atoms with E-state index in [1.54, 1.807) is 13.1 Å². The quantitative estimate of drug-likeness (QED) is 0.788. The highest BCUT2D eigenvalue weighted by Gasteiger charge is 2.54. The topological polar surface area (TPSA) is 85.8 Å². The molecule has 2 aliphatic rings. The van der Waals surface area contributed by atoms with E-state index in [9.17, 15) is 13.2 Å². The number of methoxy groups -OCH3 is 1. The highest BCUT2D eigenvalue weighted by atomic mass is 32.2. The first-order valence-corrected chi connectivity index (χ1v) is 7.97. The molecular formula is C13H16N2O5S. The largest absolute Gasteiger partial charge is 0.480 e. The molecule has 1 spiro atoms. The van der Waals surface area contributed by atoms with Crippen molar-refractivity contribution in [2.45, 2.75) is 23.8 Å². The Kier molecular flexibility index (Phi) is 3.27. The number of ketones is 1. The van der Waals surface area contributed by atoms with Crippen LogP contribution in [0.4, 0.5) is 0 Å². The van der Waals surface area contributed by atoms with Gasteiger partial charge in [-0.25, -0.2) is 13.4 Å². The number of aryl methyl sites for hydroxylation is 1. The van der Waals surface area contributed by atoms with Gasteiger partial charge in [0.05, 0.1) is 7.11 Å². The minimum Gasteiger partial charge on any atom is -0.480 e. The van der Waals surface area contributed by atoms with Crippen molar-refractivity contribution in [2.24, 2.45) is 0 Å². The zero-order valence-electron chi connectivity index (χ0n) is 11.8. The molecule has 0 aliphatic carbocycles. The van der Waals surface area contributed by atoms with Gasteiger partial charge in [-0.1, -0.05) is 0 Å². The van der Waals surface area contributed by atoms with Gasteiger partial charge in [0.1, 0.15) is 17.1 Å². The SMILES string of the molecule is COc1ncc(C)cc1S(=O)(=O)N1CC2(CC(=O)CO2)C1. The van der Waals surface area contributed by atoms with Crippen LogP contribution in [0.25, 0.3) is 0 Å². The molecule has 2 aliphatic heterocycles. The van der Waals surface area contributed by atoms with Gasteiger partial charge >= 0.3 is 0 Å². The molecule has 0 N–H and O–H groups in total. The van der Waals surface area contributed by atoms with Gasteiger partial charge in [0.25, 0.3) is 0 Å². The normalized spacial score (nSPS) is 21.5. The van der Waals surface area contributed by atoms with Gasteiger partial charge < -0.3 is 9.47 Å².